The highest BCUT2D eigenvalue weighted by Crippen LogP contribution is 2.26. The summed E-state index contributed by atoms with van der Waals surface area (Å²) < 4.78 is 7.08. The zero-order chi connectivity index (χ0) is 22.7. The Morgan fingerprint density at radius 1 is 1.31 bits per heavy atom. The van der Waals surface area contributed by atoms with Gasteiger partial charge in [-0.15, -0.1) is 0 Å². The number of methoxy groups -OCH3 is 1. The van der Waals surface area contributed by atoms with Crippen molar-refractivity contribution in [1.82, 2.24) is 24.9 Å². The Hall–Kier alpha value is -4.32. The zero-order valence-electron chi connectivity index (χ0n) is 17.6. The summed E-state index contributed by atoms with van der Waals surface area (Å²) in [5, 5.41) is 4.67. The third-order valence-electron chi connectivity index (χ3n) is 5.06. The first-order valence-electron chi connectivity index (χ1n) is 9.90. The van der Waals surface area contributed by atoms with Gasteiger partial charge in [-0.2, -0.15) is 0 Å². The molecule has 3 heterocycles. The highest BCUT2D eigenvalue weighted by atomic mass is 16.5. The number of urea groups is 1. The molecule has 1 aromatic carbocycles. The van der Waals surface area contributed by atoms with Crippen LogP contribution in [0.25, 0.3) is 5.65 Å². The molecule has 9 nitrogen and oxygen atoms in total. The third kappa shape index (κ3) is 4.39. The number of hydrogen-bond donors (Lipinski definition) is 2. The minimum atomic E-state index is -0.699. The Bertz CT molecular complexity index is 1270. The van der Waals surface area contributed by atoms with E-state index in [1.165, 1.54) is 0 Å². The third-order valence-corrected chi connectivity index (χ3v) is 5.06. The van der Waals surface area contributed by atoms with Crippen molar-refractivity contribution in [2.24, 2.45) is 0 Å². The van der Waals surface area contributed by atoms with E-state index in [0.29, 0.717) is 17.9 Å². The maximum absolute atomic E-state index is 12.9. The van der Waals surface area contributed by atoms with Crippen molar-refractivity contribution in [2.45, 2.75) is 19.5 Å². The van der Waals surface area contributed by atoms with E-state index in [9.17, 15) is 14.4 Å². The van der Waals surface area contributed by atoms with Crippen molar-refractivity contribution in [3.05, 3.63) is 65.1 Å². The van der Waals surface area contributed by atoms with E-state index < -0.39 is 12.1 Å². The van der Waals surface area contributed by atoms with Crippen LogP contribution < -0.4 is 15.4 Å². The fourth-order valence-electron chi connectivity index (χ4n) is 3.58. The average Bonchev–Trinajstić information content (AvgIpc) is 3.30. The van der Waals surface area contributed by atoms with Gasteiger partial charge in [0.25, 0.3) is 5.91 Å². The number of pyridine rings is 1. The summed E-state index contributed by atoms with van der Waals surface area (Å²) >= 11 is 0. The molecule has 0 saturated carbocycles. The first-order chi connectivity index (χ1) is 15.5. The second kappa shape index (κ2) is 8.81. The van der Waals surface area contributed by atoms with Crippen molar-refractivity contribution in [1.29, 1.82) is 0 Å². The quantitative estimate of drug-likeness (QED) is 0.470. The minimum absolute atomic E-state index is 0.154. The van der Waals surface area contributed by atoms with E-state index in [0.717, 1.165) is 22.5 Å². The lowest BCUT2D eigenvalue weighted by Crippen LogP contribution is -2.46. The van der Waals surface area contributed by atoms with Crippen LogP contribution in [-0.2, 0) is 11.3 Å². The van der Waals surface area contributed by atoms with Gasteiger partial charge in [0.1, 0.15) is 17.4 Å². The van der Waals surface area contributed by atoms with Crippen molar-refractivity contribution >= 4 is 24.0 Å². The summed E-state index contributed by atoms with van der Waals surface area (Å²) in [6.07, 6.45) is 4.02. The molecular formula is C23H21N5O4. The summed E-state index contributed by atoms with van der Waals surface area (Å²) in [6.45, 7) is 2.46. The molecule has 0 spiro atoms. The number of carbonyl (C=O) groups is 3. The number of benzene rings is 1. The van der Waals surface area contributed by atoms with E-state index in [4.69, 9.17) is 4.74 Å². The van der Waals surface area contributed by atoms with Crippen molar-refractivity contribution in [2.75, 3.05) is 13.7 Å². The number of hydrogen-bond acceptors (Lipinski definition) is 5. The van der Waals surface area contributed by atoms with Crippen molar-refractivity contribution in [3.63, 3.8) is 0 Å². The fraction of sp³-hybridized carbons (Fsp3) is 0.217. The molecule has 0 bridgehead atoms. The maximum atomic E-state index is 12.9. The molecule has 162 valence electrons. The Labute approximate surface area is 184 Å². The van der Waals surface area contributed by atoms with Gasteiger partial charge in [0.05, 0.1) is 19.3 Å². The highest BCUT2D eigenvalue weighted by molar-refractivity contribution is 5.98. The van der Waals surface area contributed by atoms with Gasteiger partial charge in [0, 0.05) is 30.1 Å². The van der Waals surface area contributed by atoms with Crippen LogP contribution in [0, 0.1) is 18.8 Å². The molecule has 0 aliphatic carbocycles. The lowest BCUT2D eigenvalue weighted by Gasteiger charge is -2.21. The number of nitrogens with one attached hydrogen (secondary N) is 2. The highest BCUT2D eigenvalue weighted by Gasteiger charge is 2.29. The number of nitrogens with zero attached hydrogens (tertiary/aromatic N) is 3. The standard InChI is InChI=1S/C23H21N5O4/c1-15-10-27-11-16(4-8-21(27)25-15)3-6-18(26-23(31)24-14-29)13-28-12-17-5-7-19(32-2)9-20(17)22(28)30/h4-5,7-11,14,18H,12-13H2,1-2H3,(H2,24,26,29,31)/t18-/m1/s1. The van der Waals surface area contributed by atoms with Gasteiger partial charge < -0.3 is 19.4 Å². The Balaban J connectivity index is 1.55. The van der Waals surface area contributed by atoms with E-state index in [1.54, 1.807) is 24.1 Å². The van der Waals surface area contributed by atoms with Crippen LogP contribution in [0.4, 0.5) is 4.79 Å². The molecule has 2 N–H and O–H groups in total. The molecule has 4 rings (SSSR count). The molecule has 0 unspecified atom stereocenters. The van der Waals surface area contributed by atoms with Gasteiger partial charge >= 0.3 is 6.03 Å². The molecule has 0 saturated heterocycles. The topological polar surface area (TPSA) is 105 Å². The van der Waals surface area contributed by atoms with Crippen LogP contribution in [0.1, 0.15) is 27.2 Å². The Morgan fingerprint density at radius 2 is 2.16 bits per heavy atom. The average molecular weight is 431 g/mol. The molecule has 0 radical (unpaired) electrons. The van der Waals surface area contributed by atoms with Gasteiger partial charge in [-0.1, -0.05) is 17.9 Å². The van der Waals surface area contributed by atoms with Gasteiger partial charge in [-0.3, -0.25) is 14.9 Å². The van der Waals surface area contributed by atoms with Crippen LogP contribution >= 0.6 is 0 Å². The Morgan fingerprint density at radius 3 is 2.94 bits per heavy atom. The van der Waals surface area contributed by atoms with Crippen molar-refractivity contribution in [3.8, 4) is 17.6 Å². The molecule has 1 aliphatic heterocycles. The number of imidazole rings is 1. The van der Waals surface area contributed by atoms with Crippen LogP contribution in [0.3, 0.4) is 0 Å². The number of aromatic nitrogens is 2. The predicted octanol–water partition coefficient (Wildman–Crippen LogP) is 1.48. The number of imide groups is 1. The number of carbonyl (C=O) groups excluding carboxylic acids is 3. The van der Waals surface area contributed by atoms with Gasteiger partial charge in [0.2, 0.25) is 6.41 Å². The number of rotatable bonds is 5. The molecular weight excluding hydrogens is 410 g/mol. The van der Waals surface area contributed by atoms with Crippen LogP contribution in [0.5, 0.6) is 5.75 Å². The van der Waals surface area contributed by atoms with E-state index in [-0.39, 0.29) is 18.9 Å². The Kier molecular flexibility index (Phi) is 5.77. The number of fused-ring (bicyclic) bond motifs is 2. The van der Waals surface area contributed by atoms with E-state index in [2.05, 4.69) is 22.1 Å². The summed E-state index contributed by atoms with van der Waals surface area (Å²) in [5.74, 6) is 6.47. The molecule has 3 aromatic rings. The minimum Gasteiger partial charge on any atom is -0.497 e. The molecule has 0 fully saturated rings. The van der Waals surface area contributed by atoms with Gasteiger partial charge in [-0.05, 0) is 36.8 Å². The van der Waals surface area contributed by atoms with E-state index in [1.807, 2.05) is 47.2 Å². The maximum Gasteiger partial charge on any atom is 0.322 e. The summed E-state index contributed by atoms with van der Waals surface area (Å²) in [7, 11) is 1.54. The first-order valence-corrected chi connectivity index (χ1v) is 9.90. The lowest BCUT2D eigenvalue weighted by molar-refractivity contribution is -0.108. The van der Waals surface area contributed by atoms with E-state index >= 15 is 0 Å². The van der Waals surface area contributed by atoms with Crippen LogP contribution in [0.2, 0.25) is 0 Å². The molecule has 1 aliphatic rings. The second-order valence-electron chi connectivity index (χ2n) is 7.33. The summed E-state index contributed by atoms with van der Waals surface area (Å²) in [5.41, 5.74) is 3.86. The number of aryl methyl sites for hydroxylation is 1. The largest absolute Gasteiger partial charge is 0.497 e. The van der Waals surface area contributed by atoms with Crippen LogP contribution in [0.15, 0.2) is 42.7 Å². The van der Waals surface area contributed by atoms with Crippen LogP contribution in [-0.4, -0.2) is 52.3 Å². The smallest absolute Gasteiger partial charge is 0.322 e. The number of ether oxygens (including phenoxy) is 1. The molecule has 1 atom stereocenters. The predicted molar refractivity (Wildman–Crippen MR) is 116 cm³/mol. The normalized spacial score (nSPS) is 13.2. The molecule has 2 aromatic heterocycles. The fourth-order valence-corrected chi connectivity index (χ4v) is 3.58. The second-order valence-corrected chi connectivity index (χ2v) is 7.33. The molecule has 32 heavy (non-hydrogen) atoms. The molecule has 9 heteroatoms. The van der Waals surface area contributed by atoms with Gasteiger partial charge in [0.15, 0.2) is 0 Å². The summed E-state index contributed by atoms with van der Waals surface area (Å²) in [6, 6.07) is 7.65. The number of amides is 4. The SMILES string of the molecule is COc1ccc2c(c1)C(=O)N(C[C@@H](C#Cc1ccc3nc(C)cn3c1)NC(=O)NC=O)C2. The van der Waals surface area contributed by atoms with Gasteiger partial charge in [-0.25, -0.2) is 9.78 Å². The molecule has 4 amide bonds. The van der Waals surface area contributed by atoms with Crippen molar-refractivity contribution < 1.29 is 19.1 Å². The zero-order valence-corrected chi connectivity index (χ0v) is 17.6. The monoisotopic (exact) mass is 431 g/mol. The lowest BCUT2D eigenvalue weighted by atomic mass is 10.1. The first kappa shape index (κ1) is 20.9. The summed E-state index contributed by atoms with van der Waals surface area (Å²) in [4.78, 5) is 41.4.